The Hall–Kier alpha value is -2.34. The Morgan fingerprint density at radius 2 is 2.00 bits per heavy atom. The third-order valence-corrected chi connectivity index (χ3v) is 4.64. The van der Waals surface area contributed by atoms with Gasteiger partial charge in [-0.3, -0.25) is 9.48 Å². The molecule has 1 saturated carbocycles. The molecule has 0 spiro atoms. The second-order valence-corrected chi connectivity index (χ2v) is 6.73. The molecule has 2 aromatic rings. The Morgan fingerprint density at radius 3 is 2.50 bits per heavy atom. The zero-order valence-electron chi connectivity index (χ0n) is 14.3. The maximum Gasteiger partial charge on any atom is 0.251 e. The predicted molar refractivity (Wildman–Crippen MR) is 92.9 cm³/mol. The lowest BCUT2D eigenvalue weighted by Crippen LogP contribution is -2.41. The van der Waals surface area contributed by atoms with Gasteiger partial charge in [0.05, 0.1) is 18.3 Å². The molecule has 6 heteroatoms. The van der Waals surface area contributed by atoms with E-state index in [2.05, 4.69) is 10.4 Å². The van der Waals surface area contributed by atoms with Crippen LogP contribution in [0.5, 0.6) is 0 Å². The van der Waals surface area contributed by atoms with Gasteiger partial charge in [-0.2, -0.15) is 5.10 Å². The third-order valence-electron chi connectivity index (χ3n) is 4.64. The quantitative estimate of drug-likeness (QED) is 0.877. The fraction of sp³-hybridized carbons (Fsp3) is 0.444. The molecule has 1 amide bonds. The number of carbonyl (C=O) groups is 1. The highest BCUT2D eigenvalue weighted by molar-refractivity contribution is 5.94. The van der Waals surface area contributed by atoms with Crippen LogP contribution in [-0.4, -0.2) is 41.0 Å². The summed E-state index contributed by atoms with van der Waals surface area (Å²) in [6, 6.07) is 7.41. The van der Waals surface area contributed by atoms with E-state index in [9.17, 15) is 9.90 Å². The third kappa shape index (κ3) is 3.43. The molecule has 1 atom stereocenters. The minimum absolute atomic E-state index is 0.101. The fourth-order valence-corrected chi connectivity index (χ4v) is 3.11. The van der Waals surface area contributed by atoms with E-state index in [4.69, 9.17) is 0 Å². The molecule has 6 nitrogen and oxygen atoms in total. The number of hydrogen-bond donors (Lipinski definition) is 2. The number of anilines is 1. The van der Waals surface area contributed by atoms with Crippen molar-refractivity contribution < 1.29 is 9.90 Å². The normalized spacial score (nSPS) is 21.0. The van der Waals surface area contributed by atoms with E-state index in [1.165, 1.54) is 0 Å². The molecule has 24 heavy (non-hydrogen) atoms. The molecule has 1 heterocycles. The van der Waals surface area contributed by atoms with Crippen LogP contribution in [0, 0.1) is 5.92 Å². The number of aliphatic hydroxyl groups excluding tert-OH is 1. The fourth-order valence-electron chi connectivity index (χ4n) is 3.11. The first-order valence-corrected chi connectivity index (χ1v) is 8.19. The Balaban J connectivity index is 1.75. The molecule has 2 N–H and O–H groups in total. The highest BCUT2D eigenvalue weighted by Gasteiger charge is 2.36. The van der Waals surface area contributed by atoms with Crippen LogP contribution in [-0.2, 0) is 7.05 Å². The number of nitrogens with one attached hydrogen (secondary N) is 1. The standard InChI is InChI=1S/C18H24N4O2/c1-21(2)15-6-4-12(5-7-15)18(24)20-17(13-8-16(23)9-13)14-10-19-22(3)11-14/h4-7,10-11,13,16-17,23H,8-9H2,1-3H3,(H,20,24). The summed E-state index contributed by atoms with van der Waals surface area (Å²) in [6.07, 6.45) is 4.86. The number of aryl methyl sites for hydroxylation is 1. The molecule has 1 aliphatic rings. The highest BCUT2D eigenvalue weighted by atomic mass is 16.3. The van der Waals surface area contributed by atoms with E-state index in [0.29, 0.717) is 18.4 Å². The van der Waals surface area contributed by atoms with E-state index in [0.717, 1.165) is 11.3 Å². The van der Waals surface area contributed by atoms with E-state index in [1.54, 1.807) is 10.9 Å². The highest BCUT2D eigenvalue weighted by Crippen LogP contribution is 2.38. The summed E-state index contributed by atoms with van der Waals surface area (Å²) in [6.45, 7) is 0. The van der Waals surface area contributed by atoms with Crippen LogP contribution in [0.25, 0.3) is 0 Å². The maximum atomic E-state index is 12.6. The first-order valence-electron chi connectivity index (χ1n) is 8.19. The van der Waals surface area contributed by atoms with Gasteiger partial charge < -0.3 is 15.3 Å². The second-order valence-electron chi connectivity index (χ2n) is 6.73. The molecule has 1 aliphatic carbocycles. The number of nitrogens with zero attached hydrogens (tertiary/aromatic N) is 3. The van der Waals surface area contributed by atoms with E-state index in [-0.39, 0.29) is 24.0 Å². The zero-order valence-corrected chi connectivity index (χ0v) is 14.3. The Kier molecular flexibility index (Phi) is 4.57. The molecule has 0 radical (unpaired) electrons. The molecule has 0 bridgehead atoms. The van der Waals surface area contributed by atoms with Crippen LogP contribution >= 0.6 is 0 Å². The SMILES string of the molecule is CN(C)c1ccc(C(=O)NC(c2cnn(C)c2)C2CC(O)C2)cc1. The monoisotopic (exact) mass is 328 g/mol. The molecule has 0 saturated heterocycles. The average Bonchev–Trinajstić information content (AvgIpc) is 2.96. The minimum Gasteiger partial charge on any atom is -0.393 e. The van der Waals surface area contributed by atoms with Crippen LogP contribution < -0.4 is 10.2 Å². The van der Waals surface area contributed by atoms with Crippen LogP contribution in [0.3, 0.4) is 0 Å². The van der Waals surface area contributed by atoms with Crippen molar-refractivity contribution in [2.75, 3.05) is 19.0 Å². The van der Waals surface area contributed by atoms with Crippen LogP contribution in [0.4, 0.5) is 5.69 Å². The number of hydrogen-bond acceptors (Lipinski definition) is 4. The van der Waals surface area contributed by atoms with Gasteiger partial charge in [0.1, 0.15) is 0 Å². The van der Waals surface area contributed by atoms with Crippen molar-refractivity contribution >= 4 is 11.6 Å². The summed E-state index contributed by atoms with van der Waals surface area (Å²) in [4.78, 5) is 14.6. The van der Waals surface area contributed by atoms with Gasteiger partial charge in [-0.1, -0.05) is 0 Å². The molecule has 0 aliphatic heterocycles. The van der Waals surface area contributed by atoms with Crippen molar-refractivity contribution in [2.24, 2.45) is 13.0 Å². The van der Waals surface area contributed by atoms with Crippen molar-refractivity contribution in [3.8, 4) is 0 Å². The number of aromatic nitrogens is 2. The smallest absolute Gasteiger partial charge is 0.251 e. The van der Waals surface area contributed by atoms with Crippen LogP contribution in [0.2, 0.25) is 0 Å². The number of benzene rings is 1. The van der Waals surface area contributed by atoms with Gasteiger partial charge in [-0.05, 0) is 43.0 Å². The van der Waals surface area contributed by atoms with Crippen molar-refractivity contribution in [2.45, 2.75) is 25.0 Å². The van der Waals surface area contributed by atoms with Crippen molar-refractivity contribution in [3.63, 3.8) is 0 Å². The number of rotatable bonds is 5. The summed E-state index contributed by atoms with van der Waals surface area (Å²) in [7, 11) is 5.79. The summed E-state index contributed by atoms with van der Waals surface area (Å²) < 4.78 is 1.73. The summed E-state index contributed by atoms with van der Waals surface area (Å²) >= 11 is 0. The summed E-state index contributed by atoms with van der Waals surface area (Å²) in [5.74, 6) is 0.143. The molecule has 1 unspecified atom stereocenters. The zero-order chi connectivity index (χ0) is 17.3. The molecular formula is C18H24N4O2. The van der Waals surface area contributed by atoms with Gasteiger partial charge in [0.15, 0.2) is 0 Å². The minimum atomic E-state index is -0.259. The molecule has 1 aromatic carbocycles. The average molecular weight is 328 g/mol. The van der Waals surface area contributed by atoms with Crippen LogP contribution in [0.1, 0.15) is 34.8 Å². The van der Waals surface area contributed by atoms with Gasteiger partial charge in [-0.15, -0.1) is 0 Å². The van der Waals surface area contributed by atoms with Crippen molar-refractivity contribution in [1.29, 1.82) is 0 Å². The number of carbonyl (C=O) groups excluding carboxylic acids is 1. The molecule has 1 fully saturated rings. The first kappa shape index (κ1) is 16.5. The Labute approximate surface area is 142 Å². The summed E-state index contributed by atoms with van der Waals surface area (Å²) in [5.41, 5.74) is 2.67. The van der Waals surface area contributed by atoms with Crippen molar-refractivity contribution in [1.82, 2.24) is 15.1 Å². The van der Waals surface area contributed by atoms with Crippen molar-refractivity contribution in [3.05, 3.63) is 47.8 Å². The predicted octanol–water partition coefficient (Wildman–Crippen LogP) is 1.73. The number of amides is 1. The lowest BCUT2D eigenvalue weighted by molar-refractivity contribution is 0.0235. The van der Waals surface area contributed by atoms with Gasteiger partial charge in [0.2, 0.25) is 0 Å². The summed E-state index contributed by atoms with van der Waals surface area (Å²) in [5, 5.41) is 16.9. The Morgan fingerprint density at radius 1 is 1.33 bits per heavy atom. The van der Waals surface area contributed by atoms with Crippen LogP contribution in [0.15, 0.2) is 36.7 Å². The Bertz CT molecular complexity index is 702. The van der Waals surface area contributed by atoms with Gasteiger partial charge in [-0.25, -0.2) is 0 Å². The molecule has 3 rings (SSSR count). The lowest BCUT2D eigenvalue weighted by atomic mass is 9.75. The molecule has 128 valence electrons. The first-order chi connectivity index (χ1) is 11.4. The largest absolute Gasteiger partial charge is 0.393 e. The van der Waals surface area contributed by atoms with E-state index >= 15 is 0 Å². The lowest BCUT2D eigenvalue weighted by Gasteiger charge is -2.37. The van der Waals surface area contributed by atoms with E-state index < -0.39 is 0 Å². The molecule has 1 aromatic heterocycles. The number of aliphatic hydroxyl groups is 1. The van der Waals surface area contributed by atoms with Gasteiger partial charge in [0.25, 0.3) is 5.91 Å². The van der Waals surface area contributed by atoms with E-state index in [1.807, 2.05) is 56.5 Å². The van der Waals surface area contributed by atoms with Gasteiger partial charge in [0, 0.05) is 44.2 Å². The maximum absolute atomic E-state index is 12.6. The second kappa shape index (κ2) is 6.65. The topological polar surface area (TPSA) is 70.4 Å². The van der Waals surface area contributed by atoms with Gasteiger partial charge >= 0.3 is 0 Å². The molecular weight excluding hydrogens is 304 g/mol.